The van der Waals surface area contributed by atoms with Crippen molar-refractivity contribution >= 4 is 41.9 Å². The number of aryl methyl sites for hydroxylation is 1. The van der Waals surface area contributed by atoms with Gasteiger partial charge in [0.1, 0.15) is 0 Å². The molecule has 0 saturated heterocycles. The van der Waals surface area contributed by atoms with Crippen LogP contribution in [0.4, 0.5) is 0 Å². The maximum atomic E-state index is 12.1. The summed E-state index contributed by atoms with van der Waals surface area (Å²) in [6.45, 7) is 1.97. The van der Waals surface area contributed by atoms with Crippen molar-refractivity contribution in [3.8, 4) is 0 Å². The summed E-state index contributed by atoms with van der Waals surface area (Å²) in [6.07, 6.45) is 1.26. The Morgan fingerprint density at radius 2 is 1.74 bits per heavy atom. The van der Waals surface area contributed by atoms with E-state index in [9.17, 15) is 8.42 Å². The summed E-state index contributed by atoms with van der Waals surface area (Å²) in [7, 11) is -3.28. The fourth-order valence-electron chi connectivity index (χ4n) is 1.63. The van der Waals surface area contributed by atoms with Gasteiger partial charge in [0.2, 0.25) is 10.0 Å². The van der Waals surface area contributed by atoms with Gasteiger partial charge in [0, 0.05) is 10.7 Å². The van der Waals surface area contributed by atoms with Crippen molar-refractivity contribution in [3.63, 3.8) is 0 Å². The molecule has 0 bridgehead atoms. The van der Waals surface area contributed by atoms with E-state index in [2.05, 4.69) is 36.6 Å². The third-order valence-electron chi connectivity index (χ3n) is 3.06. The Bertz CT molecular complexity index is 464. The summed E-state index contributed by atoms with van der Waals surface area (Å²) in [5, 5.41) is 1.18. The van der Waals surface area contributed by atoms with Gasteiger partial charge in [0.15, 0.2) is 0 Å². The lowest BCUT2D eigenvalue weighted by Gasteiger charge is -2.29. The average molecular weight is 413 g/mol. The van der Waals surface area contributed by atoms with Crippen LogP contribution in [0.2, 0.25) is 0 Å². The molecule has 0 aliphatic carbocycles. The summed E-state index contributed by atoms with van der Waals surface area (Å²) in [5.41, 5.74) is 0.586. The number of rotatable bonds is 8. The third-order valence-corrected chi connectivity index (χ3v) is 6.70. The van der Waals surface area contributed by atoms with Gasteiger partial charge in [-0.3, -0.25) is 0 Å². The zero-order valence-corrected chi connectivity index (χ0v) is 14.9. The predicted octanol–water partition coefficient (Wildman–Crippen LogP) is 3.09. The minimum atomic E-state index is -3.28. The minimum absolute atomic E-state index is 0.110. The molecule has 108 valence electrons. The molecule has 6 heteroatoms. The molecule has 1 N–H and O–H groups in total. The second-order valence-corrected chi connectivity index (χ2v) is 7.52. The SMILES string of the molecule is CCC(CBr)(CBr)NS(=O)(=O)CCc1ccccc1. The predicted molar refractivity (Wildman–Crippen MR) is 87.7 cm³/mol. The van der Waals surface area contributed by atoms with Crippen molar-refractivity contribution in [1.29, 1.82) is 0 Å². The maximum absolute atomic E-state index is 12.1. The first-order valence-electron chi connectivity index (χ1n) is 6.14. The highest BCUT2D eigenvalue weighted by Crippen LogP contribution is 2.18. The van der Waals surface area contributed by atoms with E-state index >= 15 is 0 Å². The molecular weight excluding hydrogens is 394 g/mol. The molecule has 1 aromatic rings. The van der Waals surface area contributed by atoms with E-state index in [4.69, 9.17) is 0 Å². The van der Waals surface area contributed by atoms with Gasteiger partial charge in [-0.1, -0.05) is 69.1 Å². The van der Waals surface area contributed by atoms with Gasteiger partial charge in [0.25, 0.3) is 0 Å². The first kappa shape index (κ1) is 17.1. The summed E-state index contributed by atoms with van der Waals surface area (Å²) in [6, 6.07) is 9.65. The van der Waals surface area contributed by atoms with E-state index in [-0.39, 0.29) is 5.75 Å². The first-order valence-corrected chi connectivity index (χ1v) is 10.0. The molecule has 0 saturated carbocycles. The van der Waals surface area contributed by atoms with Crippen molar-refractivity contribution < 1.29 is 8.42 Å². The summed E-state index contributed by atoms with van der Waals surface area (Å²) >= 11 is 6.77. The molecular formula is C13H19Br2NO2S. The molecule has 0 aromatic heterocycles. The highest BCUT2D eigenvalue weighted by molar-refractivity contribution is 9.09. The Labute approximate surface area is 132 Å². The van der Waals surface area contributed by atoms with E-state index in [1.54, 1.807) is 0 Å². The molecule has 0 aliphatic rings. The molecule has 0 radical (unpaired) electrons. The van der Waals surface area contributed by atoms with Crippen molar-refractivity contribution in [2.45, 2.75) is 25.3 Å². The molecule has 0 heterocycles. The lowest BCUT2D eigenvalue weighted by atomic mass is 10.0. The molecule has 0 spiro atoms. The normalized spacial score (nSPS) is 12.6. The number of hydrogen-bond donors (Lipinski definition) is 1. The standard InChI is InChI=1S/C13H19Br2NO2S/c1-2-13(10-14,11-15)16-19(17,18)9-8-12-6-4-3-5-7-12/h3-7,16H,2,8-11H2,1H3. The van der Waals surface area contributed by atoms with E-state index in [1.165, 1.54) is 0 Å². The van der Waals surface area contributed by atoms with Gasteiger partial charge in [-0.25, -0.2) is 13.1 Å². The van der Waals surface area contributed by atoms with Crippen LogP contribution in [0.3, 0.4) is 0 Å². The molecule has 0 aliphatic heterocycles. The van der Waals surface area contributed by atoms with E-state index in [0.717, 1.165) is 12.0 Å². The van der Waals surface area contributed by atoms with Crippen LogP contribution in [0.5, 0.6) is 0 Å². The molecule has 1 rings (SSSR count). The molecule has 19 heavy (non-hydrogen) atoms. The van der Waals surface area contributed by atoms with Crippen molar-refractivity contribution in [1.82, 2.24) is 4.72 Å². The van der Waals surface area contributed by atoms with Gasteiger partial charge in [-0.15, -0.1) is 0 Å². The second kappa shape index (κ2) is 7.76. The number of halogens is 2. The van der Waals surface area contributed by atoms with Crippen LogP contribution in [0.25, 0.3) is 0 Å². The number of hydrogen-bond acceptors (Lipinski definition) is 2. The number of nitrogens with one attached hydrogen (secondary N) is 1. The average Bonchev–Trinajstić information content (AvgIpc) is 2.44. The molecule has 0 fully saturated rings. The first-order chi connectivity index (χ1) is 8.97. The van der Waals surface area contributed by atoms with Gasteiger partial charge >= 0.3 is 0 Å². The van der Waals surface area contributed by atoms with E-state index < -0.39 is 15.6 Å². The summed E-state index contributed by atoms with van der Waals surface area (Å²) in [5.74, 6) is 0.110. The minimum Gasteiger partial charge on any atom is -0.212 e. The Morgan fingerprint density at radius 3 is 2.21 bits per heavy atom. The number of alkyl halides is 2. The monoisotopic (exact) mass is 411 g/mol. The lowest BCUT2D eigenvalue weighted by Crippen LogP contribution is -2.51. The topological polar surface area (TPSA) is 46.2 Å². The lowest BCUT2D eigenvalue weighted by molar-refractivity contribution is 0.459. The second-order valence-electron chi connectivity index (χ2n) is 4.56. The maximum Gasteiger partial charge on any atom is 0.212 e. The Hall–Kier alpha value is 0.0900. The number of sulfonamides is 1. The van der Waals surface area contributed by atoms with Crippen LogP contribution in [-0.4, -0.2) is 30.4 Å². The zero-order chi connectivity index (χ0) is 14.4. The third kappa shape index (κ3) is 5.53. The molecule has 1 aromatic carbocycles. The quantitative estimate of drug-likeness (QED) is 0.666. The Kier molecular flexibility index (Phi) is 7.00. The fourth-order valence-corrected chi connectivity index (χ4v) is 5.56. The Balaban J connectivity index is 2.66. The zero-order valence-electron chi connectivity index (χ0n) is 10.9. The fraction of sp³-hybridized carbons (Fsp3) is 0.538. The molecule has 0 unspecified atom stereocenters. The van der Waals surface area contributed by atoms with Gasteiger partial charge in [-0.2, -0.15) is 0 Å². The van der Waals surface area contributed by atoms with Gasteiger partial charge in [0.05, 0.1) is 11.3 Å². The van der Waals surface area contributed by atoms with Gasteiger partial charge in [-0.05, 0) is 18.4 Å². The Morgan fingerprint density at radius 1 is 1.16 bits per heavy atom. The van der Waals surface area contributed by atoms with Crippen LogP contribution in [0, 0.1) is 0 Å². The smallest absolute Gasteiger partial charge is 0.212 e. The van der Waals surface area contributed by atoms with Crippen LogP contribution < -0.4 is 4.72 Å². The molecule has 0 amide bonds. The van der Waals surface area contributed by atoms with E-state index in [0.29, 0.717) is 17.1 Å². The van der Waals surface area contributed by atoms with Crippen molar-refractivity contribution in [2.24, 2.45) is 0 Å². The highest BCUT2D eigenvalue weighted by atomic mass is 79.9. The van der Waals surface area contributed by atoms with Gasteiger partial charge < -0.3 is 0 Å². The van der Waals surface area contributed by atoms with Crippen LogP contribution in [0.1, 0.15) is 18.9 Å². The van der Waals surface area contributed by atoms with E-state index in [1.807, 2.05) is 37.3 Å². The number of benzene rings is 1. The van der Waals surface area contributed by atoms with Crippen LogP contribution in [0.15, 0.2) is 30.3 Å². The van der Waals surface area contributed by atoms with Crippen molar-refractivity contribution in [2.75, 3.05) is 16.4 Å². The molecule has 0 atom stereocenters. The van der Waals surface area contributed by atoms with Crippen molar-refractivity contribution in [3.05, 3.63) is 35.9 Å². The van der Waals surface area contributed by atoms with Crippen LogP contribution in [-0.2, 0) is 16.4 Å². The summed E-state index contributed by atoms with van der Waals surface area (Å²) in [4.78, 5) is 0. The molecule has 3 nitrogen and oxygen atoms in total. The largest absolute Gasteiger partial charge is 0.212 e. The highest BCUT2D eigenvalue weighted by Gasteiger charge is 2.30. The summed E-state index contributed by atoms with van der Waals surface area (Å²) < 4.78 is 27.1. The van der Waals surface area contributed by atoms with Crippen LogP contribution >= 0.6 is 31.9 Å².